The largest absolute Gasteiger partial charge is 0.480 e. The second-order valence-electron chi connectivity index (χ2n) is 4.85. The molecule has 5 nitrogen and oxygen atoms in total. The summed E-state index contributed by atoms with van der Waals surface area (Å²) >= 11 is 1.61. The van der Waals surface area contributed by atoms with E-state index < -0.39 is 18.0 Å². The van der Waals surface area contributed by atoms with Crippen LogP contribution in [0.5, 0.6) is 0 Å². The zero-order valence-electron chi connectivity index (χ0n) is 11.6. The molecule has 0 saturated heterocycles. The molecule has 106 valence electrons. The number of carboxylic acids is 1. The lowest BCUT2D eigenvalue weighted by Gasteiger charge is -2.20. The van der Waals surface area contributed by atoms with E-state index in [0.29, 0.717) is 0 Å². The normalized spacial score (nSPS) is 13.9. The number of carboxylic acid groups (broad SMARTS) is 1. The summed E-state index contributed by atoms with van der Waals surface area (Å²) in [7, 11) is 0. The maximum atomic E-state index is 11.8. The fraction of sp³-hybridized carbons (Fsp3) is 0.538. The Balaban J connectivity index is 2.57. The average Bonchev–Trinajstić information content (AvgIpc) is 2.72. The van der Waals surface area contributed by atoms with Crippen LogP contribution in [0.15, 0.2) is 12.1 Å². The first-order chi connectivity index (χ1) is 8.81. The van der Waals surface area contributed by atoms with Crippen molar-refractivity contribution in [1.82, 2.24) is 10.6 Å². The van der Waals surface area contributed by atoms with Crippen molar-refractivity contribution in [2.45, 2.75) is 39.8 Å². The zero-order chi connectivity index (χ0) is 14.6. The van der Waals surface area contributed by atoms with Gasteiger partial charge in [-0.15, -0.1) is 11.3 Å². The molecule has 1 rings (SSSR count). The Morgan fingerprint density at radius 3 is 2.26 bits per heavy atom. The van der Waals surface area contributed by atoms with Crippen LogP contribution in [0.3, 0.4) is 0 Å². The van der Waals surface area contributed by atoms with Crippen LogP contribution < -0.4 is 10.6 Å². The monoisotopic (exact) mass is 284 g/mol. The lowest BCUT2D eigenvalue weighted by Crippen LogP contribution is -2.49. The molecule has 0 radical (unpaired) electrons. The highest BCUT2D eigenvalue weighted by Crippen LogP contribution is 2.22. The van der Waals surface area contributed by atoms with Crippen LogP contribution >= 0.6 is 11.3 Å². The highest BCUT2D eigenvalue weighted by atomic mass is 32.1. The molecule has 0 aliphatic carbocycles. The topological polar surface area (TPSA) is 78.4 Å². The molecule has 1 aromatic heterocycles. The number of aliphatic carboxylic acids is 1. The predicted octanol–water partition coefficient (Wildman–Crippen LogP) is 2.53. The van der Waals surface area contributed by atoms with Crippen LogP contribution in [0.25, 0.3) is 0 Å². The molecule has 0 aliphatic heterocycles. The van der Waals surface area contributed by atoms with E-state index in [1.54, 1.807) is 25.2 Å². The summed E-state index contributed by atoms with van der Waals surface area (Å²) in [4.78, 5) is 25.0. The van der Waals surface area contributed by atoms with E-state index in [-0.39, 0.29) is 12.0 Å². The van der Waals surface area contributed by atoms with Crippen molar-refractivity contribution in [3.63, 3.8) is 0 Å². The van der Waals surface area contributed by atoms with Gasteiger partial charge >= 0.3 is 12.0 Å². The Hall–Kier alpha value is -1.56. The molecular weight excluding hydrogens is 264 g/mol. The van der Waals surface area contributed by atoms with Crippen LogP contribution in [-0.2, 0) is 4.79 Å². The van der Waals surface area contributed by atoms with Gasteiger partial charge in [-0.2, -0.15) is 0 Å². The molecule has 0 spiro atoms. The number of carbonyl (C=O) groups is 2. The SMILES string of the molecule is Cc1ccc(C(C)NC(=O)N[C@H](C(=O)O)C(C)C)s1. The van der Waals surface area contributed by atoms with Crippen molar-refractivity contribution in [2.75, 3.05) is 0 Å². The molecule has 0 aliphatic rings. The maximum absolute atomic E-state index is 11.8. The number of hydrogen-bond donors (Lipinski definition) is 3. The highest BCUT2D eigenvalue weighted by molar-refractivity contribution is 7.12. The first-order valence-electron chi connectivity index (χ1n) is 6.17. The second-order valence-corrected chi connectivity index (χ2v) is 6.17. The second kappa shape index (κ2) is 6.56. The van der Waals surface area contributed by atoms with Gasteiger partial charge in [0.05, 0.1) is 6.04 Å². The predicted molar refractivity (Wildman–Crippen MR) is 75.4 cm³/mol. The van der Waals surface area contributed by atoms with Gasteiger partial charge in [0.1, 0.15) is 6.04 Å². The molecule has 2 amide bonds. The summed E-state index contributed by atoms with van der Waals surface area (Å²) in [5.41, 5.74) is 0. The van der Waals surface area contributed by atoms with Crippen molar-refractivity contribution < 1.29 is 14.7 Å². The molecule has 1 unspecified atom stereocenters. The van der Waals surface area contributed by atoms with Crippen molar-refractivity contribution in [2.24, 2.45) is 5.92 Å². The number of rotatable bonds is 5. The maximum Gasteiger partial charge on any atom is 0.326 e. The number of nitrogens with one attached hydrogen (secondary N) is 2. The number of urea groups is 1. The van der Waals surface area contributed by atoms with Crippen LogP contribution in [-0.4, -0.2) is 23.1 Å². The molecule has 6 heteroatoms. The summed E-state index contributed by atoms with van der Waals surface area (Å²) in [6.07, 6.45) is 0. The molecule has 0 saturated carbocycles. The minimum Gasteiger partial charge on any atom is -0.480 e. The third-order valence-corrected chi connectivity index (χ3v) is 3.94. The quantitative estimate of drug-likeness (QED) is 0.777. The molecular formula is C13H20N2O3S. The van der Waals surface area contributed by atoms with E-state index in [1.165, 1.54) is 4.88 Å². The Bertz CT molecular complexity index is 456. The van der Waals surface area contributed by atoms with Crippen LogP contribution in [0.1, 0.15) is 36.6 Å². The number of hydrogen-bond acceptors (Lipinski definition) is 3. The Morgan fingerprint density at radius 2 is 1.84 bits per heavy atom. The van der Waals surface area contributed by atoms with Gasteiger partial charge in [-0.3, -0.25) is 0 Å². The third kappa shape index (κ3) is 4.55. The number of amides is 2. The van der Waals surface area contributed by atoms with E-state index in [4.69, 9.17) is 5.11 Å². The Kier molecular flexibility index (Phi) is 5.35. The van der Waals surface area contributed by atoms with Crippen LogP contribution in [0.4, 0.5) is 4.79 Å². The standard InChI is InChI=1S/C13H20N2O3S/c1-7(2)11(12(16)17)15-13(18)14-9(4)10-6-5-8(3)19-10/h5-7,9,11H,1-4H3,(H,16,17)(H2,14,15,18)/t9?,11-/m0/s1. The van der Waals surface area contributed by atoms with Crippen molar-refractivity contribution in [3.8, 4) is 0 Å². The highest BCUT2D eigenvalue weighted by Gasteiger charge is 2.24. The van der Waals surface area contributed by atoms with Gasteiger partial charge < -0.3 is 15.7 Å². The number of thiophene rings is 1. The van der Waals surface area contributed by atoms with Gasteiger partial charge in [0.25, 0.3) is 0 Å². The number of carbonyl (C=O) groups excluding carboxylic acids is 1. The van der Waals surface area contributed by atoms with E-state index in [2.05, 4.69) is 10.6 Å². The molecule has 0 aromatic carbocycles. The van der Waals surface area contributed by atoms with E-state index in [0.717, 1.165) is 4.88 Å². The fourth-order valence-electron chi connectivity index (χ4n) is 1.65. The van der Waals surface area contributed by atoms with Gasteiger partial charge in [-0.1, -0.05) is 13.8 Å². The lowest BCUT2D eigenvalue weighted by molar-refractivity contribution is -0.140. The molecule has 1 aromatic rings. The summed E-state index contributed by atoms with van der Waals surface area (Å²) in [5.74, 6) is -1.19. The fourth-order valence-corrected chi connectivity index (χ4v) is 2.53. The molecule has 3 N–H and O–H groups in total. The summed E-state index contributed by atoms with van der Waals surface area (Å²) in [5, 5.41) is 14.2. The van der Waals surface area contributed by atoms with Crippen LogP contribution in [0.2, 0.25) is 0 Å². The first-order valence-corrected chi connectivity index (χ1v) is 6.99. The Morgan fingerprint density at radius 1 is 1.21 bits per heavy atom. The van der Waals surface area contributed by atoms with Gasteiger partial charge in [-0.25, -0.2) is 9.59 Å². The van der Waals surface area contributed by atoms with Crippen molar-refractivity contribution in [3.05, 3.63) is 21.9 Å². The van der Waals surface area contributed by atoms with Gasteiger partial charge in [0.15, 0.2) is 0 Å². The zero-order valence-corrected chi connectivity index (χ0v) is 12.4. The Labute approximate surface area is 117 Å². The van der Waals surface area contributed by atoms with E-state index in [9.17, 15) is 9.59 Å². The summed E-state index contributed by atoms with van der Waals surface area (Å²) in [6.45, 7) is 7.38. The van der Waals surface area contributed by atoms with E-state index in [1.807, 2.05) is 26.0 Å². The molecule has 1 heterocycles. The minimum absolute atomic E-state index is 0.139. The average molecular weight is 284 g/mol. The third-order valence-electron chi connectivity index (χ3n) is 2.75. The lowest BCUT2D eigenvalue weighted by atomic mass is 10.1. The van der Waals surface area contributed by atoms with Crippen molar-refractivity contribution in [1.29, 1.82) is 0 Å². The molecule has 0 fully saturated rings. The summed E-state index contributed by atoms with van der Waals surface area (Å²) < 4.78 is 0. The molecule has 2 atom stereocenters. The van der Waals surface area contributed by atoms with Gasteiger partial charge in [0.2, 0.25) is 0 Å². The number of aryl methyl sites for hydroxylation is 1. The van der Waals surface area contributed by atoms with Crippen molar-refractivity contribution >= 4 is 23.3 Å². The van der Waals surface area contributed by atoms with Gasteiger partial charge in [0, 0.05) is 9.75 Å². The van der Waals surface area contributed by atoms with E-state index >= 15 is 0 Å². The minimum atomic E-state index is -1.02. The summed E-state index contributed by atoms with van der Waals surface area (Å²) in [6, 6.07) is 2.48. The smallest absolute Gasteiger partial charge is 0.326 e. The molecule has 0 bridgehead atoms. The molecule has 19 heavy (non-hydrogen) atoms. The first kappa shape index (κ1) is 15.5. The van der Waals surface area contributed by atoms with Crippen LogP contribution in [0, 0.1) is 12.8 Å². The van der Waals surface area contributed by atoms with Gasteiger partial charge in [-0.05, 0) is 31.9 Å².